The van der Waals surface area contributed by atoms with Crippen molar-refractivity contribution in [3.63, 3.8) is 0 Å². The molecule has 2 rings (SSSR count). The van der Waals surface area contributed by atoms with Crippen LogP contribution in [0.3, 0.4) is 0 Å². The SMILES string of the molecule is CCC(Oc1ccccc1C)C(=O)N1CCC(N)C(C)(C)C1.Cl. The summed E-state index contributed by atoms with van der Waals surface area (Å²) in [5.41, 5.74) is 7.16. The number of rotatable bonds is 4. The molecular weight excluding hydrogens is 312 g/mol. The molecule has 0 saturated carbocycles. The van der Waals surface area contributed by atoms with Gasteiger partial charge in [0, 0.05) is 19.1 Å². The third-order valence-corrected chi connectivity index (χ3v) is 4.63. The first-order valence-electron chi connectivity index (χ1n) is 8.12. The molecule has 0 aromatic heterocycles. The second kappa shape index (κ2) is 8.02. The van der Waals surface area contributed by atoms with E-state index in [-0.39, 0.29) is 29.8 Å². The molecule has 0 radical (unpaired) electrons. The van der Waals surface area contributed by atoms with E-state index in [1.807, 2.05) is 43.0 Å². The second-order valence-corrected chi connectivity index (χ2v) is 6.92. The maximum Gasteiger partial charge on any atom is 0.263 e. The number of piperidine rings is 1. The highest BCUT2D eigenvalue weighted by Gasteiger charge is 2.37. The minimum atomic E-state index is -0.425. The zero-order valence-electron chi connectivity index (χ0n) is 14.5. The summed E-state index contributed by atoms with van der Waals surface area (Å²) in [4.78, 5) is 14.7. The lowest BCUT2D eigenvalue weighted by atomic mass is 9.79. The highest BCUT2D eigenvalue weighted by Crippen LogP contribution is 2.29. The summed E-state index contributed by atoms with van der Waals surface area (Å²) < 4.78 is 5.98. The van der Waals surface area contributed by atoms with Crippen molar-refractivity contribution in [2.75, 3.05) is 13.1 Å². The van der Waals surface area contributed by atoms with Crippen LogP contribution >= 0.6 is 12.4 Å². The smallest absolute Gasteiger partial charge is 0.263 e. The van der Waals surface area contributed by atoms with E-state index in [0.29, 0.717) is 13.0 Å². The van der Waals surface area contributed by atoms with Gasteiger partial charge in [-0.3, -0.25) is 4.79 Å². The van der Waals surface area contributed by atoms with Crippen LogP contribution < -0.4 is 10.5 Å². The van der Waals surface area contributed by atoms with Crippen LogP contribution in [0.2, 0.25) is 0 Å². The number of aryl methyl sites for hydroxylation is 1. The molecule has 0 spiro atoms. The summed E-state index contributed by atoms with van der Waals surface area (Å²) in [6.07, 6.45) is 1.08. The first-order valence-corrected chi connectivity index (χ1v) is 8.12. The Morgan fingerprint density at radius 2 is 2.09 bits per heavy atom. The number of ether oxygens (including phenoxy) is 1. The van der Waals surface area contributed by atoms with Gasteiger partial charge in [0.05, 0.1) is 0 Å². The van der Waals surface area contributed by atoms with Crippen molar-refractivity contribution in [1.82, 2.24) is 4.90 Å². The molecule has 2 N–H and O–H groups in total. The van der Waals surface area contributed by atoms with Crippen LogP contribution in [0.25, 0.3) is 0 Å². The van der Waals surface area contributed by atoms with E-state index in [4.69, 9.17) is 10.5 Å². The van der Waals surface area contributed by atoms with Crippen molar-refractivity contribution in [3.8, 4) is 5.75 Å². The molecule has 1 fully saturated rings. The molecule has 1 aromatic carbocycles. The number of nitrogens with two attached hydrogens (primary N) is 1. The molecule has 1 saturated heterocycles. The number of hydrogen-bond acceptors (Lipinski definition) is 3. The van der Waals surface area contributed by atoms with Crippen molar-refractivity contribution >= 4 is 18.3 Å². The third kappa shape index (κ3) is 4.61. The van der Waals surface area contributed by atoms with Gasteiger partial charge in [-0.15, -0.1) is 12.4 Å². The molecule has 2 unspecified atom stereocenters. The number of amides is 1. The van der Waals surface area contributed by atoms with Gasteiger partial charge in [-0.1, -0.05) is 39.0 Å². The zero-order valence-corrected chi connectivity index (χ0v) is 15.4. The average Bonchev–Trinajstić information content (AvgIpc) is 2.48. The van der Waals surface area contributed by atoms with Gasteiger partial charge >= 0.3 is 0 Å². The first-order chi connectivity index (χ1) is 10.3. The normalized spacial score (nSPS) is 21.3. The fourth-order valence-corrected chi connectivity index (χ4v) is 2.92. The van der Waals surface area contributed by atoms with Gasteiger partial charge in [0.2, 0.25) is 0 Å². The lowest BCUT2D eigenvalue weighted by Gasteiger charge is -2.43. The summed E-state index contributed by atoms with van der Waals surface area (Å²) in [6.45, 7) is 9.65. The van der Waals surface area contributed by atoms with Gasteiger partial charge in [0.15, 0.2) is 6.10 Å². The van der Waals surface area contributed by atoms with Crippen LogP contribution in [0.5, 0.6) is 5.75 Å². The van der Waals surface area contributed by atoms with E-state index in [1.165, 1.54) is 0 Å². The van der Waals surface area contributed by atoms with Crippen molar-refractivity contribution in [2.45, 2.75) is 52.7 Å². The van der Waals surface area contributed by atoms with E-state index in [1.54, 1.807) is 0 Å². The Morgan fingerprint density at radius 3 is 2.65 bits per heavy atom. The number of nitrogens with zero attached hydrogens (tertiary/aromatic N) is 1. The van der Waals surface area contributed by atoms with Crippen LogP contribution in [-0.4, -0.2) is 36.0 Å². The fraction of sp³-hybridized carbons (Fsp3) is 0.611. The molecule has 1 heterocycles. The molecule has 1 aromatic rings. The fourth-order valence-electron chi connectivity index (χ4n) is 2.92. The van der Waals surface area contributed by atoms with Crippen LogP contribution in [0.15, 0.2) is 24.3 Å². The summed E-state index contributed by atoms with van der Waals surface area (Å²) >= 11 is 0. The predicted molar refractivity (Wildman–Crippen MR) is 96.1 cm³/mol. The molecule has 1 amide bonds. The van der Waals surface area contributed by atoms with E-state index in [2.05, 4.69) is 13.8 Å². The number of carbonyl (C=O) groups excluding carboxylic acids is 1. The van der Waals surface area contributed by atoms with Crippen LogP contribution in [-0.2, 0) is 4.79 Å². The molecule has 4 nitrogen and oxygen atoms in total. The Hall–Kier alpha value is -1.26. The molecule has 2 atom stereocenters. The molecule has 0 bridgehead atoms. The average molecular weight is 341 g/mol. The summed E-state index contributed by atoms with van der Waals surface area (Å²) in [6, 6.07) is 7.97. The molecule has 1 aliphatic rings. The number of benzene rings is 1. The van der Waals surface area contributed by atoms with Crippen LogP contribution in [0, 0.1) is 12.3 Å². The Kier molecular flexibility index (Phi) is 6.90. The Bertz CT molecular complexity index is 534. The van der Waals surface area contributed by atoms with Crippen molar-refractivity contribution in [2.24, 2.45) is 11.1 Å². The van der Waals surface area contributed by atoms with Gasteiger partial charge in [-0.25, -0.2) is 0 Å². The molecule has 5 heteroatoms. The van der Waals surface area contributed by atoms with Gasteiger partial charge < -0.3 is 15.4 Å². The first kappa shape index (κ1) is 19.8. The van der Waals surface area contributed by atoms with Gasteiger partial charge in [0.25, 0.3) is 5.91 Å². The maximum atomic E-state index is 12.8. The van der Waals surface area contributed by atoms with E-state index >= 15 is 0 Å². The van der Waals surface area contributed by atoms with Gasteiger partial charge in [-0.2, -0.15) is 0 Å². The molecule has 1 aliphatic heterocycles. The van der Waals surface area contributed by atoms with Crippen molar-refractivity contribution in [1.29, 1.82) is 0 Å². The number of halogens is 1. The predicted octanol–water partition coefficient (Wildman–Crippen LogP) is 3.16. The summed E-state index contributed by atoms with van der Waals surface area (Å²) in [5.74, 6) is 0.862. The Morgan fingerprint density at radius 1 is 1.43 bits per heavy atom. The standard InChI is InChI=1S/C18H28N2O2.ClH/c1-5-14(22-15-9-7-6-8-13(15)2)17(21)20-11-10-16(19)18(3,4)12-20;/h6-9,14,16H,5,10-12,19H2,1-4H3;1H. The zero-order chi connectivity index (χ0) is 16.3. The minimum Gasteiger partial charge on any atom is -0.480 e. The van der Waals surface area contributed by atoms with Gasteiger partial charge in [0.1, 0.15) is 5.75 Å². The highest BCUT2D eigenvalue weighted by atomic mass is 35.5. The summed E-state index contributed by atoms with van der Waals surface area (Å²) in [7, 11) is 0. The van der Waals surface area contributed by atoms with Crippen molar-refractivity contribution in [3.05, 3.63) is 29.8 Å². The molecule has 130 valence electrons. The number of carbonyl (C=O) groups is 1. The van der Waals surface area contributed by atoms with Crippen LogP contribution in [0.1, 0.15) is 39.2 Å². The quantitative estimate of drug-likeness (QED) is 0.916. The largest absolute Gasteiger partial charge is 0.480 e. The number of para-hydroxylation sites is 1. The van der Waals surface area contributed by atoms with E-state index < -0.39 is 6.10 Å². The number of hydrogen-bond donors (Lipinski definition) is 1. The van der Waals surface area contributed by atoms with Gasteiger partial charge in [-0.05, 0) is 36.8 Å². The lowest BCUT2D eigenvalue weighted by Crippen LogP contribution is -2.56. The third-order valence-electron chi connectivity index (χ3n) is 4.63. The van der Waals surface area contributed by atoms with E-state index in [0.717, 1.165) is 24.3 Å². The van der Waals surface area contributed by atoms with Crippen molar-refractivity contribution < 1.29 is 9.53 Å². The van der Waals surface area contributed by atoms with Crippen LogP contribution in [0.4, 0.5) is 0 Å². The minimum absolute atomic E-state index is 0. The monoisotopic (exact) mass is 340 g/mol. The Balaban J connectivity index is 0.00000264. The highest BCUT2D eigenvalue weighted by molar-refractivity contribution is 5.85. The second-order valence-electron chi connectivity index (χ2n) is 6.92. The maximum absolute atomic E-state index is 12.8. The number of likely N-dealkylation sites (tertiary alicyclic amines) is 1. The molecule has 0 aliphatic carbocycles. The Labute approximate surface area is 145 Å². The molecule has 23 heavy (non-hydrogen) atoms. The topological polar surface area (TPSA) is 55.6 Å². The van der Waals surface area contributed by atoms with E-state index in [9.17, 15) is 4.79 Å². The lowest BCUT2D eigenvalue weighted by molar-refractivity contribution is -0.142. The molecular formula is C18H29ClN2O2. The summed E-state index contributed by atoms with van der Waals surface area (Å²) in [5, 5.41) is 0.